The van der Waals surface area contributed by atoms with Crippen molar-refractivity contribution in [3.05, 3.63) is 0 Å². The molecule has 0 bridgehead atoms. The first kappa shape index (κ1) is 105. The molecule has 3 saturated heterocycles. The Bertz CT molecular complexity index is 2410. The number of carbonyl (C=O) groups is 1. The molecule has 21 atom stereocenters. The first-order valence-electron chi connectivity index (χ1n) is 37.9. The van der Waals surface area contributed by atoms with E-state index in [1.807, 2.05) is 13.8 Å². The number of carbonyl (C=O) groups excluding carboxylic acids is 1. The molecule has 0 aromatic heterocycles. The molecule has 12 unspecified atom stereocenters. The molecule has 0 aromatic rings. The van der Waals surface area contributed by atoms with Crippen molar-refractivity contribution >= 4 is 37.2 Å². The average molecular weight is 1690 g/mol. The van der Waals surface area contributed by atoms with Crippen LogP contribution in [0.25, 0.3) is 0 Å². The van der Waals surface area contributed by atoms with E-state index in [2.05, 4.69) is 5.32 Å². The van der Waals surface area contributed by atoms with Gasteiger partial charge in [-0.25, -0.2) is 4.57 Å². The van der Waals surface area contributed by atoms with Crippen LogP contribution in [0.15, 0.2) is 0 Å². The van der Waals surface area contributed by atoms with E-state index in [0.717, 1.165) is 0 Å². The van der Waals surface area contributed by atoms with Gasteiger partial charge in [0.05, 0.1) is 123 Å². The van der Waals surface area contributed by atoms with E-state index < -0.39 is 200 Å². The van der Waals surface area contributed by atoms with Crippen LogP contribution in [0.1, 0.15) is 144 Å². The number of unbranched alkanes of at least 4 members (excludes halogenated alkanes) is 9. The van der Waals surface area contributed by atoms with Gasteiger partial charge in [-0.15, -0.1) is 0 Å². The van der Waals surface area contributed by atoms with Gasteiger partial charge in [0, 0.05) is 85.3 Å². The highest BCUT2D eigenvalue weighted by molar-refractivity contribution is 7.47. The maximum absolute atomic E-state index is 13.4. The highest BCUT2D eigenvalue weighted by Crippen LogP contribution is 2.45. The van der Waals surface area contributed by atoms with E-state index in [4.69, 9.17) is 93.0 Å². The third-order valence-corrected chi connectivity index (χ3v) is 21.1. The van der Waals surface area contributed by atoms with Crippen LogP contribution >= 0.6 is 31.3 Å². The number of methoxy groups -OCH3 is 1. The van der Waals surface area contributed by atoms with Gasteiger partial charge in [0.15, 0.2) is 18.9 Å². The topological polar surface area (TPSA) is 574 Å². The number of phosphoric acid groups is 4. The molecule has 12 N–H and O–H groups in total. The van der Waals surface area contributed by atoms with Crippen LogP contribution < -0.4 is 20.0 Å². The number of amides is 1. The Morgan fingerprint density at radius 3 is 1.14 bits per heavy atom. The number of rotatable bonds is 68. The first-order valence-corrected chi connectivity index (χ1v) is 43.8. The van der Waals surface area contributed by atoms with Crippen LogP contribution in [-0.4, -0.2) is 320 Å². The van der Waals surface area contributed by atoms with Crippen molar-refractivity contribution < 1.29 is 187 Å². The maximum atomic E-state index is 13.4. The van der Waals surface area contributed by atoms with E-state index in [1.54, 1.807) is 21.0 Å². The first-order chi connectivity index (χ1) is 52.5. The predicted octanol–water partition coefficient (Wildman–Crippen LogP) is 0.503. The molecule has 0 aliphatic carbocycles. The summed E-state index contributed by atoms with van der Waals surface area (Å²) in [6.07, 6.45) is -7.95. The van der Waals surface area contributed by atoms with Gasteiger partial charge in [0.2, 0.25) is 5.91 Å². The van der Waals surface area contributed by atoms with Gasteiger partial charge in [0.1, 0.15) is 54.9 Å². The molecule has 0 saturated carbocycles. The summed E-state index contributed by atoms with van der Waals surface area (Å²) in [5.74, 6) is -1.61. The van der Waals surface area contributed by atoms with Crippen molar-refractivity contribution in [2.45, 2.75) is 230 Å². The summed E-state index contributed by atoms with van der Waals surface area (Å²) < 4.78 is 161. The monoisotopic (exact) mass is 1680 g/mol. The number of phosphoric ester groups is 4. The second-order valence-corrected chi connectivity index (χ2v) is 32.2. The molecule has 0 aromatic carbocycles. The van der Waals surface area contributed by atoms with E-state index >= 15 is 0 Å². The SMILES string of the molecule is CC.COCCCOCC(CO)OCCCOP(=O)([O-])OCC(COCCCOP(=O)([O-])OCCCCCCO[C@@H]1OC(CO)[C@H](O)[C@H](O)C1C)(COCCCOP(=O)([O-])OCCCCCCO[C@@H]1OC(CO)[C@H](O)[C@H](O)C1NC(C)=O)COCCCOP(=O)(O)OCCCCCCO[C@@H]1OC(CO)[C@H](O)[C@H](O)C1C. The van der Waals surface area contributed by atoms with E-state index in [0.29, 0.717) is 96.7 Å². The molecule has 3 aliphatic heterocycles. The summed E-state index contributed by atoms with van der Waals surface area (Å²) in [4.78, 5) is 60.9. The van der Waals surface area contributed by atoms with Crippen LogP contribution in [-0.2, 0) is 116 Å². The van der Waals surface area contributed by atoms with Crippen LogP contribution in [0, 0.1) is 17.3 Å². The van der Waals surface area contributed by atoms with Gasteiger partial charge >= 0.3 is 7.82 Å². The van der Waals surface area contributed by atoms with Gasteiger partial charge in [-0.1, -0.05) is 66.2 Å². The second-order valence-electron chi connectivity index (χ2n) is 26.5. The lowest BCUT2D eigenvalue weighted by atomic mass is 9.92. The Balaban J connectivity index is 0.0000204. The maximum Gasteiger partial charge on any atom is 0.472 e. The molecule has 3 fully saturated rings. The second kappa shape index (κ2) is 60.5. The Kier molecular flexibility index (Phi) is 57.8. The van der Waals surface area contributed by atoms with Gasteiger partial charge in [-0.2, -0.15) is 0 Å². The van der Waals surface area contributed by atoms with Crippen LogP contribution in [0.5, 0.6) is 0 Å². The zero-order valence-electron chi connectivity index (χ0n) is 64.6. The minimum atomic E-state index is -5.16. The number of ether oxygens (including phenoxy) is 12. The fourth-order valence-corrected chi connectivity index (χ4v) is 14.1. The number of hydrogen-bond donors (Lipinski definition) is 12. The Morgan fingerprint density at radius 1 is 0.418 bits per heavy atom. The van der Waals surface area contributed by atoms with Crippen LogP contribution in [0.3, 0.4) is 0 Å². The molecule has 0 spiro atoms. The molecule has 40 nitrogen and oxygen atoms in total. The lowest BCUT2D eigenvalue weighted by Crippen LogP contribution is -2.64. The Labute approximate surface area is 646 Å². The molecule has 3 rings (SSSR count). The zero-order chi connectivity index (χ0) is 81.9. The largest absolute Gasteiger partial charge is 0.756 e. The van der Waals surface area contributed by atoms with Gasteiger partial charge in [-0.3, -0.25) is 27.5 Å². The Hall–Kier alpha value is -0.970. The molecule has 1 amide bonds. The number of hydrogen-bond acceptors (Lipinski definition) is 38. The molecule has 0 radical (unpaired) electrons. The number of nitrogens with one attached hydrogen (secondary N) is 1. The smallest absolute Gasteiger partial charge is 0.472 e. The minimum absolute atomic E-state index is 0.00610. The number of aliphatic hydroxyl groups is 10. The molecular weight excluding hydrogens is 1550 g/mol. The summed E-state index contributed by atoms with van der Waals surface area (Å²) in [5.41, 5.74) is -1.55. The van der Waals surface area contributed by atoms with Crippen molar-refractivity contribution in [2.75, 3.05) is 172 Å². The normalized spacial score (nSPS) is 27.5. The van der Waals surface area contributed by atoms with Crippen molar-refractivity contribution in [2.24, 2.45) is 17.3 Å². The quantitative estimate of drug-likeness (QED) is 0.0291. The molecule has 656 valence electrons. The van der Waals surface area contributed by atoms with Crippen molar-refractivity contribution in [1.82, 2.24) is 5.32 Å². The van der Waals surface area contributed by atoms with E-state index in [1.165, 1.54) is 6.92 Å². The molecule has 44 heteroatoms. The molecular formula is C66H130NO39P4-3. The highest BCUT2D eigenvalue weighted by Gasteiger charge is 2.46. The lowest BCUT2D eigenvalue weighted by Gasteiger charge is -2.42. The van der Waals surface area contributed by atoms with E-state index in [9.17, 15) is 93.7 Å². The van der Waals surface area contributed by atoms with Crippen molar-refractivity contribution in [1.29, 1.82) is 0 Å². The molecule has 110 heavy (non-hydrogen) atoms. The van der Waals surface area contributed by atoms with Gasteiger partial charge in [0.25, 0.3) is 23.5 Å². The molecule has 3 heterocycles. The average Bonchev–Trinajstić information content (AvgIpc) is 0.819. The van der Waals surface area contributed by atoms with Crippen molar-refractivity contribution in [3.63, 3.8) is 0 Å². The number of aliphatic hydroxyl groups excluding tert-OH is 10. The summed E-state index contributed by atoms with van der Waals surface area (Å²) in [6.45, 7) is 3.35. The van der Waals surface area contributed by atoms with Crippen LogP contribution in [0.2, 0.25) is 0 Å². The van der Waals surface area contributed by atoms with Gasteiger partial charge < -0.3 is 160 Å². The third-order valence-electron chi connectivity index (χ3n) is 17.2. The lowest BCUT2D eigenvalue weighted by molar-refractivity contribution is -0.282. The minimum Gasteiger partial charge on any atom is -0.756 e. The van der Waals surface area contributed by atoms with E-state index in [-0.39, 0.29) is 118 Å². The highest BCUT2D eigenvalue weighted by atomic mass is 31.2. The third kappa shape index (κ3) is 45.3. The fraction of sp³-hybridized carbons (Fsp3) is 0.985. The summed E-state index contributed by atoms with van der Waals surface area (Å²) in [6, 6.07) is -1.11. The Morgan fingerprint density at radius 2 is 0.745 bits per heavy atom. The zero-order valence-corrected chi connectivity index (χ0v) is 68.2. The fourth-order valence-electron chi connectivity index (χ4n) is 10.9. The summed E-state index contributed by atoms with van der Waals surface area (Å²) >= 11 is 0. The van der Waals surface area contributed by atoms with Gasteiger partial charge in [-0.05, 0) is 70.6 Å². The summed E-state index contributed by atoms with van der Waals surface area (Å²) in [5, 5.41) is 102. The van der Waals surface area contributed by atoms with Crippen molar-refractivity contribution in [3.8, 4) is 0 Å². The van der Waals surface area contributed by atoms with Crippen LogP contribution in [0.4, 0.5) is 0 Å². The predicted molar refractivity (Wildman–Crippen MR) is 382 cm³/mol. The summed E-state index contributed by atoms with van der Waals surface area (Å²) in [7, 11) is -17.8. The standard InChI is InChI=1S/C64H127NO39P4.C2H6/c1-47-55(71)57(73)51(39-67)102-61(47)91-27-11-5-8-14-31-94-105(77,78)97-34-18-24-87-43-64(46-101-108(83,84)100-37-21-30-90-50(38-66)42-86-23-17-22-85-4,44-88-25-19-35-98-106(79,80)95-32-15-9-6-12-28-92-62-48(2)56(72)58(74)52(40-68)103-62)45-89-26-20-36-99-107(81,82)96-33-16-10-7-13-29-93-63-54(65-49(3)70)60(76)59(75)53(41-69)104-63;1-2/h47-48,50-63,66-69,71-76H,5-46H2,1-4H3,(H,65,70)(H,77,78)(H,79,80)(H,81,82)(H,83,84);1-2H3/p-3/t47?,48?,50?,51?,52?,53?,54?,55-,56-,57+,58+,59+,60-,61-,62-,63-,64?;/m1./s1. The molecule has 3 aliphatic rings.